The smallest absolute Gasteiger partial charge is 0.269 e. The molecule has 2 heterocycles. The number of pyridine rings is 1. The summed E-state index contributed by atoms with van der Waals surface area (Å²) >= 11 is 0. The van der Waals surface area contributed by atoms with Gasteiger partial charge in [-0.1, -0.05) is 25.5 Å². The zero-order valence-electron chi connectivity index (χ0n) is 11.4. The third-order valence-electron chi connectivity index (χ3n) is 3.51. The summed E-state index contributed by atoms with van der Waals surface area (Å²) in [5.41, 5.74) is 1.52. The molecule has 1 unspecified atom stereocenters. The van der Waals surface area contributed by atoms with Crippen LogP contribution in [0.3, 0.4) is 0 Å². The quantitative estimate of drug-likeness (QED) is 0.921. The Labute approximate surface area is 112 Å². The lowest BCUT2D eigenvalue weighted by molar-refractivity contribution is 0.451. The third-order valence-corrected chi connectivity index (χ3v) is 3.51. The maximum Gasteiger partial charge on any atom is 0.269 e. The van der Waals surface area contributed by atoms with Crippen LogP contribution in [0.25, 0.3) is 11.7 Å². The molecule has 2 aromatic rings. The zero-order chi connectivity index (χ0) is 14.0. The van der Waals surface area contributed by atoms with E-state index in [0.717, 1.165) is 12.0 Å². The van der Waals surface area contributed by atoms with Gasteiger partial charge in [0, 0.05) is 6.20 Å². The van der Waals surface area contributed by atoms with Gasteiger partial charge in [0.1, 0.15) is 11.2 Å². The molecule has 100 valence electrons. The zero-order valence-corrected chi connectivity index (χ0v) is 11.4. The van der Waals surface area contributed by atoms with E-state index in [4.69, 9.17) is 0 Å². The Morgan fingerprint density at radius 1 is 1.53 bits per heavy atom. The highest BCUT2D eigenvalue weighted by Gasteiger charge is 2.11. The van der Waals surface area contributed by atoms with Crippen molar-refractivity contribution in [1.82, 2.24) is 9.38 Å². The summed E-state index contributed by atoms with van der Waals surface area (Å²) in [6.07, 6.45) is 4.38. The number of hydrogen-bond donors (Lipinski definition) is 1. The predicted molar refractivity (Wildman–Crippen MR) is 76.2 cm³/mol. The Balaban J connectivity index is 2.65. The van der Waals surface area contributed by atoms with Crippen LogP contribution in [0.5, 0.6) is 5.88 Å². The van der Waals surface area contributed by atoms with Crippen molar-refractivity contribution in [2.24, 2.45) is 5.92 Å². The first-order chi connectivity index (χ1) is 9.04. The predicted octanol–water partition coefficient (Wildman–Crippen LogP) is 2.85. The molecule has 0 aliphatic heterocycles. The van der Waals surface area contributed by atoms with Crippen molar-refractivity contribution < 1.29 is 5.11 Å². The SMILES string of the molecule is CCC(C)/C(C)=C/c1c(O)nc2ccccn2c1=O. The van der Waals surface area contributed by atoms with Gasteiger partial charge >= 0.3 is 0 Å². The van der Waals surface area contributed by atoms with Gasteiger partial charge in [0.25, 0.3) is 5.56 Å². The third kappa shape index (κ3) is 2.52. The van der Waals surface area contributed by atoms with Crippen LogP contribution in [0.1, 0.15) is 32.8 Å². The average Bonchev–Trinajstić information content (AvgIpc) is 2.42. The highest BCUT2D eigenvalue weighted by Crippen LogP contribution is 2.20. The van der Waals surface area contributed by atoms with Crippen LogP contribution in [0.4, 0.5) is 0 Å². The van der Waals surface area contributed by atoms with Gasteiger partial charge in [0.15, 0.2) is 0 Å². The van der Waals surface area contributed by atoms with Gasteiger partial charge in [-0.3, -0.25) is 9.20 Å². The molecular formula is C15H18N2O2. The molecule has 0 aliphatic rings. The summed E-state index contributed by atoms with van der Waals surface area (Å²) in [6, 6.07) is 5.24. The van der Waals surface area contributed by atoms with E-state index in [1.165, 1.54) is 4.40 Å². The number of nitrogens with zero attached hydrogens (tertiary/aromatic N) is 2. The average molecular weight is 258 g/mol. The molecule has 0 radical (unpaired) electrons. The van der Waals surface area contributed by atoms with Crippen LogP contribution in [-0.4, -0.2) is 14.5 Å². The Bertz CT molecular complexity index is 686. The Hall–Kier alpha value is -2.10. The second kappa shape index (κ2) is 5.26. The lowest BCUT2D eigenvalue weighted by Crippen LogP contribution is -2.17. The van der Waals surface area contributed by atoms with E-state index in [1.54, 1.807) is 30.5 Å². The van der Waals surface area contributed by atoms with Gasteiger partial charge in [-0.15, -0.1) is 0 Å². The second-order valence-electron chi connectivity index (χ2n) is 4.78. The molecular weight excluding hydrogens is 240 g/mol. The minimum Gasteiger partial charge on any atom is -0.493 e. The van der Waals surface area contributed by atoms with E-state index in [0.29, 0.717) is 11.6 Å². The number of aromatic hydroxyl groups is 1. The molecule has 4 nitrogen and oxygen atoms in total. The first-order valence-corrected chi connectivity index (χ1v) is 6.43. The summed E-state index contributed by atoms with van der Waals surface area (Å²) in [7, 11) is 0. The highest BCUT2D eigenvalue weighted by atomic mass is 16.3. The molecule has 0 spiro atoms. The summed E-state index contributed by atoms with van der Waals surface area (Å²) in [5, 5.41) is 9.92. The fourth-order valence-electron chi connectivity index (χ4n) is 1.91. The highest BCUT2D eigenvalue weighted by molar-refractivity contribution is 5.59. The molecule has 0 aliphatic carbocycles. The molecule has 4 heteroatoms. The van der Waals surface area contributed by atoms with Crippen molar-refractivity contribution in [3.05, 3.63) is 45.9 Å². The van der Waals surface area contributed by atoms with E-state index >= 15 is 0 Å². The van der Waals surface area contributed by atoms with Gasteiger partial charge in [0.05, 0.1) is 0 Å². The van der Waals surface area contributed by atoms with Crippen molar-refractivity contribution in [3.63, 3.8) is 0 Å². The maximum atomic E-state index is 12.3. The molecule has 1 atom stereocenters. The van der Waals surface area contributed by atoms with Gasteiger partial charge in [0.2, 0.25) is 5.88 Å². The molecule has 0 aromatic carbocycles. The molecule has 0 bridgehead atoms. The van der Waals surface area contributed by atoms with E-state index in [9.17, 15) is 9.90 Å². The number of allylic oxidation sites excluding steroid dienone is 1. The van der Waals surface area contributed by atoms with Gasteiger partial charge in [-0.2, -0.15) is 4.98 Å². The van der Waals surface area contributed by atoms with E-state index in [-0.39, 0.29) is 17.0 Å². The molecule has 2 aromatic heterocycles. The van der Waals surface area contributed by atoms with Crippen LogP contribution in [0, 0.1) is 5.92 Å². The number of fused-ring (bicyclic) bond motifs is 1. The summed E-state index contributed by atoms with van der Waals surface area (Å²) < 4.78 is 1.44. The normalized spacial score (nSPS) is 13.7. The fraction of sp³-hybridized carbons (Fsp3) is 0.333. The lowest BCUT2D eigenvalue weighted by atomic mass is 9.98. The van der Waals surface area contributed by atoms with Gasteiger partial charge in [-0.05, 0) is 37.5 Å². The summed E-state index contributed by atoms with van der Waals surface area (Å²) in [6.45, 7) is 6.15. The molecule has 2 rings (SSSR count). The standard InChI is InChI=1S/C15H18N2O2/c1-4-10(2)11(3)9-12-14(18)16-13-7-5-6-8-17(13)15(12)19/h5-10,18H,4H2,1-3H3/b11-9+. The Morgan fingerprint density at radius 2 is 2.26 bits per heavy atom. The van der Waals surface area contributed by atoms with E-state index < -0.39 is 0 Å². The Morgan fingerprint density at radius 3 is 2.95 bits per heavy atom. The number of aromatic nitrogens is 2. The van der Waals surface area contributed by atoms with Crippen LogP contribution >= 0.6 is 0 Å². The van der Waals surface area contributed by atoms with Gasteiger partial charge < -0.3 is 5.11 Å². The van der Waals surface area contributed by atoms with Crippen molar-refractivity contribution in [2.75, 3.05) is 0 Å². The topological polar surface area (TPSA) is 54.6 Å². The van der Waals surface area contributed by atoms with Crippen molar-refractivity contribution in [2.45, 2.75) is 27.2 Å². The van der Waals surface area contributed by atoms with Crippen LogP contribution < -0.4 is 5.56 Å². The fourth-order valence-corrected chi connectivity index (χ4v) is 1.91. The second-order valence-corrected chi connectivity index (χ2v) is 4.78. The molecule has 19 heavy (non-hydrogen) atoms. The maximum absolute atomic E-state index is 12.3. The molecule has 0 amide bonds. The molecule has 1 N–H and O–H groups in total. The van der Waals surface area contributed by atoms with Crippen LogP contribution in [-0.2, 0) is 0 Å². The van der Waals surface area contributed by atoms with E-state index in [2.05, 4.69) is 18.8 Å². The van der Waals surface area contributed by atoms with Crippen molar-refractivity contribution in [3.8, 4) is 5.88 Å². The summed E-state index contributed by atoms with van der Waals surface area (Å²) in [4.78, 5) is 16.4. The Kier molecular flexibility index (Phi) is 3.69. The summed E-state index contributed by atoms with van der Waals surface area (Å²) in [5.74, 6) is 0.161. The van der Waals surface area contributed by atoms with Gasteiger partial charge in [-0.25, -0.2) is 0 Å². The molecule has 0 fully saturated rings. The first kappa shape index (κ1) is 13.3. The minimum atomic E-state index is -0.245. The molecule has 0 saturated heterocycles. The minimum absolute atomic E-state index is 0.209. The number of rotatable bonds is 3. The van der Waals surface area contributed by atoms with Crippen molar-refractivity contribution in [1.29, 1.82) is 0 Å². The largest absolute Gasteiger partial charge is 0.493 e. The van der Waals surface area contributed by atoms with Crippen LogP contribution in [0.15, 0.2) is 34.8 Å². The first-order valence-electron chi connectivity index (χ1n) is 6.43. The van der Waals surface area contributed by atoms with Crippen molar-refractivity contribution >= 4 is 11.7 Å². The lowest BCUT2D eigenvalue weighted by Gasteiger charge is -2.09. The molecule has 0 saturated carbocycles. The van der Waals surface area contributed by atoms with E-state index in [1.807, 2.05) is 6.92 Å². The van der Waals surface area contributed by atoms with Crippen LogP contribution in [0.2, 0.25) is 0 Å². The number of hydrogen-bond acceptors (Lipinski definition) is 3. The monoisotopic (exact) mass is 258 g/mol.